The first-order chi connectivity index (χ1) is 10.0. The Bertz CT molecular complexity index is 488. The van der Waals surface area contributed by atoms with Crippen molar-refractivity contribution in [1.29, 1.82) is 0 Å². The molecule has 1 atom stereocenters. The quantitative estimate of drug-likeness (QED) is 0.663. The predicted molar refractivity (Wildman–Crippen MR) is 77.7 cm³/mol. The van der Waals surface area contributed by atoms with E-state index in [-0.39, 0.29) is 19.0 Å². The van der Waals surface area contributed by atoms with Crippen LogP contribution in [0.3, 0.4) is 0 Å². The summed E-state index contributed by atoms with van der Waals surface area (Å²) in [6, 6.07) is 8.70. The second kappa shape index (κ2) is 8.73. The Morgan fingerprint density at radius 2 is 1.76 bits per heavy atom. The maximum absolute atomic E-state index is 11.6. The summed E-state index contributed by atoms with van der Waals surface area (Å²) in [4.78, 5) is 34.1. The van der Waals surface area contributed by atoms with Gasteiger partial charge in [-0.25, -0.2) is 0 Å². The highest BCUT2D eigenvalue weighted by atomic mass is 16.4. The number of carbonyl (C=O) groups is 3. The lowest BCUT2D eigenvalue weighted by Gasteiger charge is -2.14. The van der Waals surface area contributed by atoms with Crippen LogP contribution in [0.15, 0.2) is 30.3 Å². The minimum Gasteiger partial charge on any atom is -0.481 e. The van der Waals surface area contributed by atoms with E-state index >= 15 is 0 Å². The van der Waals surface area contributed by atoms with Crippen LogP contribution in [-0.2, 0) is 14.4 Å². The van der Waals surface area contributed by atoms with E-state index in [4.69, 9.17) is 0 Å². The first kappa shape index (κ1) is 16.7. The molecule has 3 N–H and O–H groups in total. The Kier molecular flexibility index (Phi) is 6.94. The number of aliphatic carboxylic acids is 1. The number of hydrogen-bond acceptors (Lipinski definition) is 3. The zero-order valence-corrected chi connectivity index (χ0v) is 12.0. The number of hydrogen-bond donors (Lipinski definition) is 3. The summed E-state index contributed by atoms with van der Waals surface area (Å²) < 4.78 is 0. The van der Waals surface area contributed by atoms with Gasteiger partial charge in [-0.2, -0.15) is 0 Å². The van der Waals surface area contributed by atoms with Crippen LogP contribution in [0.4, 0.5) is 0 Å². The molecule has 0 saturated heterocycles. The molecule has 0 heterocycles. The van der Waals surface area contributed by atoms with Gasteiger partial charge in [-0.05, 0) is 12.0 Å². The van der Waals surface area contributed by atoms with E-state index in [1.54, 1.807) is 30.3 Å². The van der Waals surface area contributed by atoms with Gasteiger partial charge in [-0.1, -0.05) is 37.3 Å². The summed E-state index contributed by atoms with van der Waals surface area (Å²) in [5.41, 5.74) is 0.625. The fourth-order valence-electron chi connectivity index (χ4n) is 1.81. The van der Waals surface area contributed by atoms with Crippen LogP contribution >= 0.6 is 0 Å². The van der Waals surface area contributed by atoms with Crippen molar-refractivity contribution in [2.75, 3.05) is 13.1 Å². The second-order valence-electron chi connectivity index (χ2n) is 4.63. The van der Waals surface area contributed by atoms with Crippen molar-refractivity contribution in [1.82, 2.24) is 10.6 Å². The molecule has 2 amide bonds. The minimum absolute atomic E-state index is 0.0121. The maximum Gasteiger partial charge on any atom is 0.312 e. The van der Waals surface area contributed by atoms with E-state index in [1.807, 2.05) is 6.92 Å². The van der Waals surface area contributed by atoms with Crippen LogP contribution in [0, 0.1) is 0 Å². The Morgan fingerprint density at radius 3 is 2.33 bits per heavy atom. The zero-order valence-electron chi connectivity index (χ0n) is 12.0. The molecule has 6 heteroatoms. The SMILES string of the molecule is CCCC(=O)NCC(=O)NCC(C(=O)O)c1ccccc1. The van der Waals surface area contributed by atoms with Gasteiger partial charge in [0, 0.05) is 13.0 Å². The summed E-state index contributed by atoms with van der Waals surface area (Å²) in [6.07, 6.45) is 1.08. The van der Waals surface area contributed by atoms with E-state index in [0.29, 0.717) is 18.4 Å². The van der Waals surface area contributed by atoms with Crippen molar-refractivity contribution in [3.05, 3.63) is 35.9 Å². The van der Waals surface area contributed by atoms with Crippen molar-refractivity contribution < 1.29 is 19.5 Å². The summed E-state index contributed by atoms with van der Waals surface area (Å²) in [5, 5.41) is 14.2. The largest absolute Gasteiger partial charge is 0.481 e. The minimum atomic E-state index is -1.00. The van der Waals surface area contributed by atoms with Gasteiger partial charge < -0.3 is 15.7 Å². The third kappa shape index (κ3) is 6.07. The van der Waals surface area contributed by atoms with Gasteiger partial charge >= 0.3 is 5.97 Å². The van der Waals surface area contributed by atoms with E-state index in [2.05, 4.69) is 10.6 Å². The van der Waals surface area contributed by atoms with Crippen molar-refractivity contribution in [3.8, 4) is 0 Å². The van der Waals surface area contributed by atoms with Crippen molar-refractivity contribution in [3.63, 3.8) is 0 Å². The molecule has 0 radical (unpaired) electrons. The van der Waals surface area contributed by atoms with Crippen molar-refractivity contribution in [2.45, 2.75) is 25.7 Å². The van der Waals surface area contributed by atoms with Crippen LogP contribution in [0.2, 0.25) is 0 Å². The van der Waals surface area contributed by atoms with E-state index in [0.717, 1.165) is 0 Å². The normalized spacial score (nSPS) is 11.5. The molecule has 21 heavy (non-hydrogen) atoms. The Morgan fingerprint density at radius 1 is 1.10 bits per heavy atom. The Hall–Kier alpha value is -2.37. The average Bonchev–Trinajstić information content (AvgIpc) is 2.46. The maximum atomic E-state index is 11.6. The fraction of sp³-hybridized carbons (Fsp3) is 0.400. The number of carboxylic acids is 1. The second-order valence-corrected chi connectivity index (χ2v) is 4.63. The lowest BCUT2D eigenvalue weighted by Crippen LogP contribution is -2.39. The average molecular weight is 292 g/mol. The fourth-order valence-corrected chi connectivity index (χ4v) is 1.81. The van der Waals surface area contributed by atoms with E-state index in [9.17, 15) is 19.5 Å². The first-order valence-corrected chi connectivity index (χ1v) is 6.85. The molecular weight excluding hydrogens is 272 g/mol. The third-order valence-corrected chi connectivity index (χ3v) is 2.93. The van der Waals surface area contributed by atoms with Gasteiger partial charge in [0.25, 0.3) is 0 Å². The van der Waals surface area contributed by atoms with E-state index in [1.165, 1.54) is 0 Å². The predicted octanol–water partition coefficient (Wildman–Crippen LogP) is 0.887. The molecule has 0 aliphatic rings. The first-order valence-electron chi connectivity index (χ1n) is 6.85. The molecule has 1 aromatic carbocycles. The van der Waals surface area contributed by atoms with Crippen LogP contribution < -0.4 is 10.6 Å². The number of amides is 2. The van der Waals surface area contributed by atoms with E-state index < -0.39 is 17.8 Å². The van der Waals surface area contributed by atoms with Crippen molar-refractivity contribution in [2.24, 2.45) is 0 Å². The highest BCUT2D eigenvalue weighted by Gasteiger charge is 2.20. The highest BCUT2D eigenvalue weighted by Crippen LogP contribution is 2.14. The number of nitrogens with one attached hydrogen (secondary N) is 2. The Labute approximate surface area is 123 Å². The molecule has 0 spiro atoms. The molecule has 0 saturated carbocycles. The Balaban J connectivity index is 2.45. The molecule has 1 unspecified atom stereocenters. The zero-order chi connectivity index (χ0) is 15.7. The molecule has 0 aliphatic heterocycles. The third-order valence-electron chi connectivity index (χ3n) is 2.93. The van der Waals surface area contributed by atoms with Crippen LogP contribution in [0.1, 0.15) is 31.2 Å². The van der Waals surface area contributed by atoms with Crippen LogP contribution in [0.5, 0.6) is 0 Å². The number of carbonyl (C=O) groups excluding carboxylic acids is 2. The summed E-state index contributed by atoms with van der Waals surface area (Å²) in [5.74, 6) is -2.40. The molecular formula is C15H20N2O4. The van der Waals surface area contributed by atoms with Crippen LogP contribution in [-0.4, -0.2) is 36.0 Å². The van der Waals surface area contributed by atoms with Gasteiger partial charge in [0.1, 0.15) is 0 Å². The standard InChI is InChI=1S/C15H20N2O4/c1-2-6-13(18)17-10-14(19)16-9-12(15(20)21)11-7-4-3-5-8-11/h3-5,7-8,12H,2,6,9-10H2,1H3,(H,16,19)(H,17,18)(H,20,21). The van der Waals surface area contributed by atoms with Gasteiger partial charge in [-0.3, -0.25) is 14.4 Å². The molecule has 6 nitrogen and oxygen atoms in total. The molecule has 1 rings (SSSR count). The summed E-state index contributed by atoms with van der Waals surface area (Å²) in [6.45, 7) is 1.72. The van der Waals surface area contributed by atoms with Gasteiger partial charge in [0.2, 0.25) is 11.8 Å². The monoisotopic (exact) mass is 292 g/mol. The molecule has 0 aliphatic carbocycles. The lowest BCUT2D eigenvalue weighted by atomic mass is 9.99. The van der Waals surface area contributed by atoms with Gasteiger partial charge in [0.05, 0.1) is 12.5 Å². The lowest BCUT2D eigenvalue weighted by molar-refractivity contribution is -0.138. The smallest absolute Gasteiger partial charge is 0.312 e. The highest BCUT2D eigenvalue weighted by molar-refractivity contribution is 5.85. The summed E-state index contributed by atoms with van der Waals surface area (Å²) in [7, 11) is 0. The van der Waals surface area contributed by atoms with Crippen LogP contribution in [0.25, 0.3) is 0 Å². The van der Waals surface area contributed by atoms with Gasteiger partial charge in [0.15, 0.2) is 0 Å². The summed E-state index contributed by atoms with van der Waals surface area (Å²) >= 11 is 0. The molecule has 1 aromatic rings. The van der Waals surface area contributed by atoms with Gasteiger partial charge in [-0.15, -0.1) is 0 Å². The number of rotatable bonds is 8. The molecule has 0 aromatic heterocycles. The number of benzene rings is 1. The topological polar surface area (TPSA) is 95.5 Å². The van der Waals surface area contributed by atoms with Crippen molar-refractivity contribution >= 4 is 17.8 Å². The molecule has 114 valence electrons. The molecule has 0 bridgehead atoms. The molecule has 0 fully saturated rings. The number of carboxylic acid groups (broad SMARTS) is 1.